The third kappa shape index (κ3) is 6.01. The molecule has 0 bridgehead atoms. The molecule has 1 aliphatic rings. The van der Waals surface area contributed by atoms with Crippen molar-refractivity contribution in [3.63, 3.8) is 0 Å². The molecular weight excluding hydrogens is 458 g/mol. The Morgan fingerprint density at radius 2 is 2.06 bits per heavy atom. The lowest BCUT2D eigenvalue weighted by molar-refractivity contribution is -0.136. The first-order chi connectivity index (χ1) is 16.1. The number of hydrogen-bond acceptors (Lipinski definition) is 7. The maximum Gasteiger partial charge on any atom is 0.243 e. The number of sulfonamides is 1. The number of amides is 1. The van der Waals surface area contributed by atoms with Crippen molar-refractivity contribution in [2.24, 2.45) is 5.92 Å². The molecule has 1 aromatic carbocycles. The highest BCUT2D eigenvalue weighted by molar-refractivity contribution is 7.89. The number of ether oxygens (including phenoxy) is 1. The molecule has 0 saturated heterocycles. The Morgan fingerprint density at radius 3 is 2.76 bits per heavy atom. The van der Waals surface area contributed by atoms with Crippen LogP contribution in [0.2, 0.25) is 0 Å². The molecule has 0 aliphatic carbocycles. The number of rotatable bonds is 6. The second-order valence-electron chi connectivity index (χ2n) is 9.01. The van der Waals surface area contributed by atoms with Crippen molar-refractivity contribution < 1.29 is 23.1 Å². The Morgan fingerprint density at radius 1 is 1.32 bits per heavy atom. The first kappa shape index (κ1) is 26.3. The molecule has 0 radical (unpaired) electrons. The Balaban J connectivity index is 1.88. The van der Waals surface area contributed by atoms with Crippen LogP contribution in [0.4, 0.5) is 0 Å². The van der Waals surface area contributed by atoms with Gasteiger partial charge in [0.2, 0.25) is 15.9 Å². The van der Waals surface area contributed by atoms with Crippen LogP contribution in [0.1, 0.15) is 37.9 Å². The highest BCUT2D eigenvalue weighted by atomic mass is 32.2. The maximum atomic E-state index is 13.3. The highest BCUT2D eigenvalue weighted by Crippen LogP contribution is 2.22. The van der Waals surface area contributed by atoms with Crippen molar-refractivity contribution in [1.29, 1.82) is 0 Å². The Kier molecular flexibility index (Phi) is 8.80. The van der Waals surface area contributed by atoms with Gasteiger partial charge >= 0.3 is 0 Å². The molecular formula is C23H35N5O5S. The molecule has 2 aromatic rings. The fourth-order valence-corrected chi connectivity index (χ4v) is 5.52. The summed E-state index contributed by atoms with van der Waals surface area (Å²) < 4.78 is 35.8. The number of nitrogens with zero attached hydrogens (tertiary/aromatic N) is 5. The van der Waals surface area contributed by atoms with E-state index >= 15 is 0 Å². The van der Waals surface area contributed by atoms with Crippen molar-refractivity contribution >= 4 is 15.9 Å². The Bertz CT molecular complexity index is 1070. The molecule has 34 heavy (non-hydrogen) atoms. The number of hydrogen-bond donors (Lipinski definition) is 1. The zero-order valence-corrected chi connectivity index (χ0v) is 21.1. The van der Waals surface area contributed by atoms with Gasteiger partial charge in [-0.1, -0.05) is 30.3 Å². The summed E-state index contributed by atoms with van der Waals surface area (Å²) in [5, 5.41) is 17.8. The summed E-state index contributed by atoms with van der Waals surface area (Å²) in [7, 11) is -2.19. The van der Waals surface area contributed by atoms with Gasteiger partial charge in [-0.05, 0) is 31.9 Å². The molecule has 3 rings (SSSR count). The topological polar surface area (TPSA) is 118 Å². The summed E-state index contributed by atoms with van der Waals surface area (Å²) in [5.74, 6) is -0.258. The normalized spacial score (nSPS) is 21.6. The molecule has 1 amide bonds. The SMILES string of the molecule is Cc1ccccc1S(=O)(=O)N(C)C[C@@H]1OCc2cnnn2CCCC(=O)N([C@@H](C)CO)C[C@H]1C. The summed E-state index contributed by atoms with van der Waals surface area (Å²) >= 11 is 0. The third-order valence-electron chi connectivity index (χ3n) is 6.36. The molecule has 1 aromatic heterocycles. The largest absolute Gasteiger partial charge is 0.394 e. The molecule has 10 nitrogen and oxygen atoms in total. The van der Waals surface area contributed by atoms with E-state index in [2.05, 4.69) is 10.3 Å². The van der Waals surface area contributed by atoms with Crippen molar-refractivity contribution in [3.05, 3.63) is 41.7 Å². The summed E-state index contributed by atoms with van der Waals surface area (Å²) in [6.45, 7) is 6.55. The monoisotopic (exact) mass is 493 g/mol. The van der Waals surface area contributed by atoms with Gasteiger partial charge in [-0.25, -0.2) is 13.1 Å². The number of aliphatic hydroxyl groups excluding tert-OH is 1. The van der Waals surface area contributed by atoms with Crippen LogP contribution < -0.4 is 0 Å². The van der Waals surface area contributed by atoms with E-state index in [1.54, 1.807) is 60.9 Å². The van der Waals surface area contributed by atoms with Gasteiger partial charge in [0.25, 0.3) is 0 Å². The first-order valence-corrected chi connectivity index (χ1v) is 13.0. The molecule has 0 fully saturated rings. The summed E-state index contributed by atoms with van der Waals surface area (Å²) in [5.41, 5.74) is 1.45. The Labute approximate surface area is 201 Å². The molecule has 11 heteroatoms. The van der Waals surface area contributed by atoms with E-state index < -0.39 is 16.1 Å². The third-order valence-corrected chi connectivity index (χ3v) is 8.34. The standard InChI is InChI=1S/C23H35N5O5S/c1-17-8-5-6-9-22(17)34(31,32)26(4)14-21-18(2)13-27(19(3)15-29)23(30)10-7-11-28-20(16-33-21)12-24-25-28/h5-6,8-9,12,18-19,21,29H,7,10-11,13-16H2,1-4H3/t18-,19+,21+/m1/s1. The molecule has 0 unspecified atom stereocenters. The molecule has 0 spiro atoms. The van der Waals surface area contributed by atoms with Crippen LogP contribution in [-0.4, -0.2) is 82.5 Å². The number of carbonyl (C=O) groups excluding carboxylic acids is 1. The average Bonchev–Trinajstić information content (AvgIpc) is 3.25. The molecule has 1 N–H and O–H groups in total. The molecule has 2 heterocycles. The number of fused-ring (bicyclic) bond motifs is 1. The minimum absolute atomic E-state index is 0.0599. The molecule has 188 valence electrons. The summed E-state index contributed by atoms with van der Waals surface area (Å²) in [6.07, 6.45) is 2.04. The fraction of sp³-hybridized carbons (Fsp3) is 0.609. The lowest BCUT2D eigenvalue weighted by Crippen LogP contribution is -2.47. The lowest BCUT2D eigenvalue weighted by Gasteiger charge is -2.35. The van der Waals surface area contributed by atoms with Gasteiger partial charge in [-0.2, -0.15) is 4.31 Å². The molecule has 0 saturated carbocycles. The number of aliphatic hydroxyl groups is 1. The fourth-order valence-electron chi connectivity index (χ4n) is 4.11. The minimum Gasteiger partial charge on any atom is -0.394 e. The highest BCUT2D eigenvalue weighted by Gasteiger charge is 2.31. The average molecular weight is 494 g/mol. The van der Waals surface area contributed by atoms with E-state index in [4.69, 9.17) is 4.74 Å². The van der Waals surface area contributed by atoms with E-state index in [0.717, 1.165) is 5.69 Å². The smallest absolute Gasteiger partial charge is 0.243 e. The van der Waals surface area contributed by atoms with E-state index in [1.807, 2.05) is 6.92 Å². The zero-order chi connectivity index (χ0) is 24.9. The quantitative estimate of drug-likeness (QED) is 0.647. The minimum atomic E-state index is -3.73. The lowest BCUT2D eigenvalue weighted by atomic mass is 10.0. The van der Waals surface area contributed by atoms with Crippen molar-refractivity contribution in [2.45, 2.75) is 63.8 Å². The van der Waals surface area contributed by atoms with Crippen LogP contribution in [-0.2, 0) is 32.7 Å². The number of likely N-dealkylation sites (N-methyl/N-ethyl adjacent to an activating group) is 1. The van der Waals surface area contributed by atoms with Crippen molar-refractivity contribution in [3.8, 4) is 0 Å². The van der Waals surface area contributed by atoms with Crippen molar-refractivity contribution in [1.82, 2.24) is 24.2 Å². The van der Waals surface area contributed by atoms with Gasteiger partial charge in [-0.15, -0.1) is 5.10 Å². The first-order valence-electron chi connectivity index (χ1n) is 11.6. The van der Waals surface area contributed by atoms with Crippen LogP contribution in [0, 0.1) is 12.8 Å². The van der Waals surface area contributed by atoms with Crippen LogP contribution in [0.3, 0.4) is 0 Å². The second kappa shape index (κ2) is 11.4. The number of benzene rings is 1. The van der Waals surface area contributed by atoms with E-state index in [0.29, 0.717) is 31.5 Å². The Hall–Kier alpha value is -2.34. The van der Waals surface area contributed by atoms with E-state index in [-0.39, 0.29) is 42.5 Å². The van der Waals surface area contributed by atoms with Gasteiger partial charge in [0.05, 0.1) is 42.1 Å². The summed E-state index contributed by atoms with van der Waals surface area (Å²) in [6, 6.07) is 6.52. The van der Waals surface area contributed by atoms with Crippen LogP contribution in [0.25, 0.3) is 0 Å². The number of carbonyl (C=O) groups is 1. The molecule has 1 aliphatic heterocycles. The number of aryl methyl sites for hydroxylation is 2. The van der Waals surface area contributed by atoms with Crippen LogP contribution >= 0.6 is 0 Å². The summed E-state index contributed by atoms with van der Waals surface area (Å²) in [4.78, 5) is 14.9. The molecule has 3 atom stereocenters. The van der Waals surface area contributed by atoms with E-state index in [9.17, 15) is 18.3 Å². The predicted molar refractivity (Wildman–Crippen MR) is 126 cm³/mol. The van der Waals surface area contributed by atoms with Crippen LogP contribution in [0.5, 0.6) is 0 Å². The predicted octanol–water partition coefficient (Wildman–Crippen LogP) is 1.43. The maximum absolute atomic E-state index is 13.3. The second-order valence-corrected chi connectivity index (χ2v) is 11.0. The van der Waals surface area contributed by atoms with Gasteiger partial charge in [0, 0.05) is 39.0 Å². The van der Waals surface area contributed by atoms with Crippen LogP contribution in [0.15, 0.2) is 35.4 Å². The van der Waals surface area contributed by atoms with E-state index in [1.165, 1.54) is 4.31 Å². The van der Waals surface area contributed by atoms with Gasteiger partial charge in [-0.3, -0.25) is 4.79 Å². The van der Waals surface area contributed by atoms with Gasteiger partial charge in [0.15, 0.2) is 0 Å². The van der Waals surface area contributed by atoms with Gasteiger partial charge in [0.1, 0.15) is 0 Å². The number of aromatic nitrogens is 3. The van der Waals surface area contributed by atoms with Gasteiger partial charge < -0.3 is 14.7 Å². The zero-order valence-electron chi connectivity index (χ0n) is 20.3. The van der Waals surface area contributed by atoms with Crippen molar-refractivity contribution in [2.75, 3.05) is 26.7 Å².